The number of nitrogens with zero attached hydrogens (tertiary/aromatic N) is 4. The number of rotatable bonds is 5. The summed E-state index contributed by atoms with van der Waals surface area (Å²) in [4.78, 5) is 10.8. The molecule has 0 N–H and O–H groups in total. The van der Waals surface area contributed by atoms with Crippen molar-refractivity contribution in [1.82, 2.24) is 19.1 Å². The lowest BCUT2D eigenvalue weighted by molar-refractivity contribution is 1.01. The molecule has 3 aromatic heterocycles. The van der Waals surface area contributed by atoms with Crippen LogP contribution in [0.2, 0.25) is 0 Å². The largest absolute Gasteiger partial charge is 0.309 e. The quantitative estimate of drug-likeness (QED) is 0.174. The zero-order valence-electron chi connectivity index (χ0n) is 33.6. The maximum atomic E-state index is 5.50. The predicted octanol–water partition coefficient (Wildman–Crippen LogP) is 15.1. The van der Waals surface area contributed by atoms with E-state index in [0.717, 1.165) is 55.2 Å². The van der Waals surface area contributed by atoms with Crippen molar-refractivity contribution >= 4 is 76.1 Å². The van der Waals surface area contributed by atoms with Gasteiger partial charge in [-0.3, -0.25) is 4.57 Å². The Labute approximate surface area is 357 Å². The van der Waals surface area contributed by atoms with Crippen LogP contribution < -0.4 is 0 Å². The molecule has 0 saturated carbocycles. The molecule has 0 amide bonds. The second kappa shape index (κ2) is 13.6. The molecule has 0 radical (unpaired) electrons. The number of hydrogen-bond donors (Lipinski definition) is 0. The third-order valence-electron chi connectivity index (χ3n) is 12.7. The van der Waals surface area contributed by atoms with Crippen molar-refractivity contribution in [3.63, 3.8) is 0 Å². The summed E-state index contributed by atoms with van der Waals surface area (Å²) in [5.74, 6) is 0.645. The molecule has 0 unspecified atom stereocenters. The summed E-state index contributed by atoms with van der Waals surface area (Å²) in [6.07, 6.45) is 0. The fourth-order valence-corrected chi connectivity index (χ4v) is 9.87. The highest BCUT2D eigenvalue weighted by Crippen LogP contribution is 2.43. The Hall–Kier alpha value is -8.34. The minimum Gasteiger partial charge on any atom is -0.309 e. The molecule has 0 atom stereocenters. The molecule has 0 aliphatic rings. The topological polar surface area (TPSA) is 35.6 Å². The van der Waals surface area contributed by atoms with Crippen molar-refractivity contribution in [2.75, 3.05) is 0 Å². The Morgan fingerprint density at radius 3 is 1.68 bits per heavy atom. The van der Waals surface area contributed by atoms with Gasteiger partial charge in [0.1, 0.15) is 0 Å². The summed E-state index contributed by atoms with van der Waals surface area (Å²) in [5, 5.41) is 10.7. The average molecular weight is 789 g/mol. The smallest absolute Gasteiger partial charge is 0.235 e. The molecule has 0 fully saturated rings. The van der Waals surface area contributed by atoms with Gasteiger partial charge in [-0.1, -0.05) is 164 Å². The molecular formula is C58H36N4. The van der Waals surface area contributed by atoms with Crippen LogP contribution in [0.25, 0.3) is 121 Å². The average Bonchev–Trinajstić information content (AvgIpc) is 3.86. The predicted molar refractivity (Wildman–Crippen MR) is 260 cm³/mol. The van der Waals surface area contributed by atoms with Crippen LogP contribution >= 0.6 is 0 Å². The van der Waals surface area contributed by atoms with Gasteiger partial charge < -0.3 is 4.57 Å². The highest BCUT2D eigenvalue weighted by molar-refractivity contribution is 6.24. The van der Waals surface area contributed by atoms with Gasteiger partial charge in [0.25, 0.3) is 0 Å². The molecule has 13 aromatic rings. The van der Waals surface area contributed by atoms with E-state index in [0.29, 0.717) is 5.95 Å². The van der Waals surface area contributed by atoms with Gasteiger partial charge in [0.15, 0.2) is 0 Å². The highest BCUT2D eigenvalue weighted by atomic mass is 15.2. The highest BCUT2D eigenvalue weighted by Gasteiger charge is 2.21. The monoisotopic (exact) mass is 788 g/mol. The summed E-state index contributed by atoms with van der Waals surface area (Å²) in [7, 11) is 0. The van der Waals surface area contributed by atoms with Gasteiger partial charge in [-0.05, 0) is 98.4 Å². The summed E-state index contributed by atoms with van der Waals surface area (Å²) in [6, 6.07) is 78.6. The molecule has 10 aromatic carbocycles. The Morgan fingerprint density at radius 1 is 0.306 bits per heavy atom. The van der Waals surface area contributed by atoms with Gasteiger partial charge in [-0.25, -0.2) is 9.97 Å². The van der Waals surface area contributed by atoms with Crippen LogP contribution in [0.5, 0.6) is 0 Å². The fourth-order valence-electron chi connectivity index (χ4n) is 9.87. The van der Waals surface area contributed by atoms with Crippen LogP contribution in [0, 0.1) is 0 Å². The summed E-state index contributed by atoms with van der Waals surface area (Å²) >= 11 is 0. The van der Waals surface area contributed by atoms with Gasteiger partial charge in [-0.15, -0.1) is 0 Å². The van der Waals surface area contributed by atoms with E-state index in [2.05, 4.69) is 228 Å². The van der Waals surface area contributed by atoms with Crippen molar-refractivity contribution in [2.45, 2.75) is 0 Å². The Balaban J connectivity index is 1.04. The lowest BCUT2D eigenvalue weighted by atomic mass is 9.94. The number of benzene rings is 10. The number of fused-ring (bicyclic) bond motifs is 10. The van der Waals surface area contributed by atoms with E-state index >= 15 is 0 Å². The summed E-state index contributed by atoms with van der Waals surface area (Å²) in [5.41, 5.74) is 13.2. The van der Waals surface area contributed by atoms with Crippen LogP contribution in [0.3, 0.4) is 0 Å². The number of para-hydroxylation sites is 4. The molecule has 0 saturated heterocycles. The maximum Gasteiger partial charge on any atom is 0.235 e. The first-order valence-corrected chi connectivity index (χ1v) is 21.2. The maximum absolute atomic E-state index is 5.50. The fraction of sp³-hybridized carbons (Fsp3) is 0. The normalized spacial score (nSPS) is 11.9. The molecule has 13 rings (SSSR count). The van der Waals surface area contributed by atoms with Gasteiger partial charge in [0.2, 0.25) is 5.95 Å². The first-order valence-electron chi connectivity index (χ1n) is 21.2. The molecular weight excluding hydrogens is 753 g/mol. The van der Waals surface area contributed by atoms with Crippen molar-refractivity contribution in [2.24, 2.45) is 0 Å². The standard InChI is InChI=1S/C58H36N4/c1-3-15-37(16-4-1)38-27-28-40-34-42(30-29-39(40)33-38)57-48-22-9-12-24-51(48)59-58(60-57)62-52-25-13-10-20-45(52)46-32-31-41(35-54(46)62)50-36-55-56(47-21-8-7-19-44(47)50)49-23-11-14-26-53(49)61(55)43-17-5-2-6-18-43/h1-36H. The van der Waals surface area contributed by atoms with Crippen LogP contribution in [0.4, 0.5) is 0 Å². The van der Waals surface area contributed by atoms with Crippen molar-refractivity contribution in [1.29, 1.82) is 0 Å². The van der Waals surface area contributed by atoms with E-state index in [1.165, 1.54) is 60.0 Å². The second-order valence-corrected chi connectivity index (χ2v) is 16.2. The Bertz CT molecular complexity index is 3920. The molecule has 4 nitrogen and oxygen atoms in total. The van der Waals surface area contributed by atoms with Crippen molar-refractivity contribution in [3.05, 3.63) is 218 Å². The van der Waals surface area contributed by atoms with E-state index in [1.807, 2.05) is 0 Å². The van der Waals surface area contributed by atoms with Crippen LogP contribution in [-0.4, -0.2) is 19.1 Å². The van der Waals surface area contributed by atoms with E-state index in [9.17, 15) is 0 Å². The van der Waals surface area contributed by atoms with Crippen molar-refractivity contribution in [3.8, 4) is 45.1 Å². The van der Waals surface area contributed by atoms with Gasteiger partial charge in [0, 0.05) is 38.2 Å². The zero-order valence-corrected chi connectivity index (χ0v) is 33.6. The molecule has 0 bridgehead atoms. The Kier molecular flexibility index (Phi) is 7.57. The Morgan fingerprint density at radius 2 is 0.887 bits per heavy atom. The zero-order chi connectivity index (χ0) is 40.7. The number of aromatic nitrogens is 4. The SMILES string of the molecule is c1ccc(-c2ccc3cc(-c4nc(-n5c6ccccc6c6ccc(-c7cc8c(c9ccccc79)c7ccccc7n8-c7ccccc7)cc65)nc5ccccc45)ccc3c2)cc1. The molecule has 0 aliphatic heterocycles. The molecule has 3 heterocycles. The third kappa shape index (κ3) is 5.27. The first-order chi connectivity index (χ1) is 30.7. The number of hydrogen-bond acceptors (Lipinski definition) is 2. The van der Waals surface area contributed by atoms with Crippen LogP contribution in [-0.2, 0) is 0 Å². The van der Waals surface area contributed by atoms with E-state index in [1.54, 1.807) is 0 Å². The third-order valence-corrected chi connectivity index (χ3v) is 12.7. The van der Waals surface area contributed by atoms with E-state index in [-0.39, 0.29) is 0 Å². The minimum atomic E-state index is 0.645. The van der Waals surface area contributed by atoms with Gasteiger partial charge in [0.05, 0.1) is 33.3 Å². The first kappa shape index (κ1) is 34.5. The van der Waals surface area contributed by atoms with E-state index < -0.39 is 0 Å². The van der Waals surface area contributed by atoms with Gasteiger partial charge in [-0.2, -0.15) is 0 Å². The summed E-state index contributed by atoms with van der Waals surface area (Å²) in [6.45, 7) is 0. The molecule has 0 spiro atoms. The van der Waals surface area contributed by atoms with Crippen LogP contribution in [0.1, 0.15) is 0 Å². The van der Waals surface area contributed by atoms with Crippen molar-refractivity contribution < 1.29 is 0 Å². The van der Waals surface area contributed by atoms with Gasteiger partial charge >= 0.3 is 0 Å². The van der Waals surface area contributed by atoms with E-state index in [4.69, 9.17) is 9.97 Å². The molecule has 4 heteroatoms. The lowest BCUT2D eigenvalue weighted by Crippen LogP contribution is -2.03. The molecule has 0 aliphatic carbocycles. The minimum absolute atomic E-state index is 0.645. The molecule has 288 valence electrons. The summed E-state index contributed by atoms with van der Waals surface area (Å²) < 4.78 is 4.68. The second-order valence-electron chi connectivity index (χ2n) is 16.2. The van der Waals surface area contributed by atoms with Crippen LogP contribution in [0.15, 0.2) is 218 Å². The lowest BCUT2D eigenvalue weighted by Gasteiger charge is -2.14. The molecule has 62 heavy (non-hydrogen) atoms.